The molecule has 0 bridgehead atoms. The molecule has 0 aliphatic heterocycles. The number of aliphatic hydroxyl groups is 1. The summed E-state index contributed by atoms with van der Waals surface area (Å²) in [5.41, 5.74) is -5.32. The zero-order valence-electron chi connectivity index (χ0n) is 8.91. The molecule has 0 unspecified atom stereocenters. The van der Waals surface area contributed by atoms with Crippen molar-refractivity contribution in [1.29, 1.82) is 0 Å². The van der Waals surface area contributed by atoms with E-state index >= 15 is 0 Å². The van der Waals surface area contributed by atoms with Crippen molar-refractivity contribution in [3.8, 4) is 0 Å². The standard InChI is InChI=1S/C12H7F5O/c1-5-4-10(18)9-6(2-3-7(13)8(5)9)11(14,15)12(10,16)17/h2-3,18H,1,4H2/t10-/m1/s1. The van der Waals surface area contributed by atoms with E-state index in [-0.39, 0.29) is 5.57 Å². The maximum atomic E-state index is 13.7. The summed E-state index contributed by atoms with van der Waals surface area (Å²) in [5, 5.41) is 9.91. The van der Waals surface area contributed by atoms with Crippen LogP contribution in [0.4, 0.5) is 22.0 Å². The molecule has 0 fully saturated rings. The van der Waals surface area contributed by atoms with Gasteiger partial charge in [-0.25, -0.2) is 4.39 Å². The lowest BCUT2D eigenvalue weighted by Crippen LogP contribution is -2.47. The van der Waals surface area contributed by atoms with E-state index < -0.39 is 46.4 Å². The molecule has 0 heterocycles. The molecule has 0 saturated carbocycles. The van der Waals surface area contributed by atoms with Crippen molar-refractivity contribution in [2.45, 2.75) is 23.9 Å². The Hall–Kier alpha value is -1.43. The highest BCUT2D eigenvalue weighted by Gasteiger charge is 2.78. The number of alkyl halides is 4. The molecule has 6 heteroatoms. The normalized spacial score (nSPS) is 30.7. The van der Waals surface area contributed by atoms with Crippen molar-refractivity contribution in [3.63, 3.8) is 0 Å². The number of benzene rings is 1. The Morgan fingerprint density at radius 3 is 2.39 bits per heavy atom. The second kappa shape index (κ2) is 2.77. The van der Waals surface area contributed by atoms with Crippen molar-refractivity contribution in [3.05, 3.63) is 41.2 Å². The molecule has 3 rings (SSSR count). The lowest BCUT2D eigenvalue weighted by Gasteiger charge is -2.30. The minimum atomic E-state index is -4.68. The maximum Gasteiger partial charge on any atom is 0.346 e. The van der Waals surface area contributed by atoms with Crippen LogP contribution in [-0.2, 0) is 11.5 Å². The molecular weight excluding hydrogens is 255 g/mol. The Morgan fingerprint density at radius 2 is 1.78 bits per heavy atom. The molecular formula is C12H7F5O. The molecule has 0 amide bonds. The van der Waals surface area contributed by atoms with Crippen molar-refractivity contribution in [2.75, 3.05) is 0 Å². The fourth-order valence-corrected chi connectivity index (χ4v) is 2.80. The van der Waals surface area contributed by atoms with E-state index in [9.17, 15) is 27.1 Å². The highest BCUT2D eigenvalue weighted by molar-refractivity contribution is 5.78. The maximum absolute atomic E-state index is 13.7. The first-order chi connectivity index (χ1) is 8.14. The Labute approximate surface area is 98.5 Å². The molecule has 0 aromatic heterocycles. The zero-order valence-corrected chi connectivity index (χ0v) is 8.91. The third-order valence-corrected chi connectivity index (χ3v) is 3.64. The Kier molecular flexibility index (Phi) is 1.79. The van der Waals surface area contributed by atoms with Crippen molar-refractivity contribution in [2.24, 2.45) is 0 Å². The Morgan fingerprint density at radius 1 is 1.17 bits per heavy atom. The van der Waals surface area contributed by atoms with Crippen LogP contribution >= 0.6 is 0 Å². The third kappa shape index (κ3) is 0.901. The molecule has 2 aliphatic carbocycles. The number of halogens is 5. The smallest absolute Gasteiger partial charge is 0.346 e. The van der Waals surface area contributed by atoms with Crippen molar-refractivity contribution >= 4 is 5.57 Å². The summed E-state index contributed by atoms with van der Waals surface area (Å²) in [6.45, 7) is 3.36. The van der Waals surface area contributed by atoms with E-state index in [4.69, 9.17) is 0 Å². The molecule has 96 valence electrons. The van der Waals surface area contributed by atoms with Crippen LogP contribution in [0.1, 0.15) is 23.1 Å². The summed E-state index contributed by atoms with van der Waals surface area (Å²) in [4.78, 5) is 0. The zero-order chi connectivity index (χ0) is 13.5. The first-order valence-electron chi connectivity index (χ1n) is 5.14. The van der Waals surface area contributed by atoms with Crippen molar-refractivity contribution in [1.82, 2.24) is 0 Å². The molecule has 18 heavy (non-hydrogen) atoms. The van der Waals surface area contributed by atoms with Gasteiger partial charge in [0.2, 0.25) is 0 Å². The average molecular weight is 262 g/mol. The number of rotatable bonds is 0. The van der Waals surface area contributed by atoms with Crippen LogP contribution in [0.3, 0.4) is 0 Å². The van der Waals surface area contributed by atoms with Gasteiger partial charge in [-0.1, -0.05) is 6.58 Å². The van der Waals surface area contributed by atoms with Gasteiger partial charge >= 0.3 is 11.8 Å². The van der Waals surface area contributed by atoms with Crippen LogP contribution in [0.2, 0.25) is 0 Å². The summed E-state index contributed by atoms with van der Waals surface area (Å²) in [5.74, 6) is -10.1. The highest BCUT2D eigenvalue weighted by Crippen LogP contribution is 2.66. The fourth-order valence-electron chi connectivity index (χ4n) is 2.80. The van der Waals surface area contributed by atoms with Crippen LogP contribution in [0.25, 0.3) is 5.57 Å². The Bertz CT molecular complexity index is 592. The highest BCUT2D eigenvalue weighted by atomic mass is 19.3. The lowest BCUT2D eigenvalue weighted by atomic mass is 9.94. The van der Waals surface area contributed by atoms with Gasteiger partial charge < -0.3 is 5.11 Å². The van der Waals surface area contributed by atoms with E-state index in [0.717, 1.165) is 0 Å². The van der Waals surface area contributed by atoms with Crippen LogP contribution in [0.5, 0.6) is 0 Å². The van der Waals surface area contributed by atoms with Gasteiger partial charge in [-0.3, -0.25) is 0 Å². The Balaban J connectivity index is 2.48. The summed E-state index contributed by atoms with van der Waals surface area (Å²) >= 11 is 0. The SMILES string of the molecule is C=C1C[C@@]2(O)c3c(ccc(F)c31)C(F)(F)C2(F)F. The molecule has 1 N–H and O–H groups in total. The molecule has 2 aliphatic rings. The topological polar surface area (TPSA) is 20.2 Å². The second-order valence-corrected chi connectivity index (χ2v) is 4.63. The van der Waals surface area contributed by atoms with Gasteiger partial charge in [0.25, 0.3) is 0 Å². The van der Waals surface area contributed by atoms with Crippen molar-refractivity contribution < 1.29 is 27.1 Å². The van der Waals surface area contributed by atoms with E-state index in [1.54, 1.807) is 0 Å². The van der Waals surface area contributed by atoms with Gasteiger partial charge in [-0.2, -0.15) is 17.6 Å². The van der Waals surface area contributed by atoms with E-state index in [1.165, 1.54) is 0 Å². The molecule has 1 nitrogen and oxygen atoms in total. The molecule has 1 aromatic carbocycles. The monoisotopic (exact) mass is 262 g/mol. The number of hydrogen-bond acceptors (Lipinski definition) is 1. The lowest BCUT2D eigenvalue weighted by molar-refractivity contribution is -0.283. The minimum absolute atomic E-state index is 0.0953. The van der Waals surface area contributed by atoms with Gasteiger partial charge in [0.1, 0.15) is 5.82 Å². The predicted molar refractivity (Wildman–Crippen MR) is 52.8 cm³/mol. The molecule has 0 radical (unpaired) electrons. The van der Waals surface area contributed by atoms with Gasteiger partial charge in [-0.15, -0.1) is 0 Å². The van der Waals surface area contributed by atoms with Gasteiger partial charge in [0.15, 0.2) is 5.60 Å². The fraction of sp³-hybridized carbons (Fsp3) is 0.333. The van der Waals surface area contributed by atoms with Crippen LogP contribution < -0.4 is 0 Å². The average Bonchev–Trinajstić information content (AvgIpc) is 2.58. The predicted octanol–water partition coefficient (Wildman–Crippen LogP) is 3.17. The molecule has 1 aromatic rings. The van der Waals surface area contributed by atoms with E-state index in [1.807, 2.05) is 0 Å². The summed E-state index contributed by atoms with van der Waals surface area (Å²) in [6, 6.07) is 1.29. The van der Waals surface area contributed by atoms with Crippen LogP contribution in [0.15, 0.2) is 18.7 Å². The molecule has 0 spiro atoms. The summed E-state index contributed by atoms with van der Waals surface area (Å²) in [6.07, 6.45) is -0.793. The quantitative estimate of drug-likeness (QED) is 0.712. The van der Waals surface area contributed by atoms with Crippen LogP contribution in [-0.4, -0.2) is 11.0 Å². The third-order valence-electron chi connectivity index (χ3n) is 3.64. The summed E-state index contributed by atoms with van der Waals surface area (Å²) < 4.78 is 68.3. The molecule has 0 saturated heterocycles. The van der Waals surface area contributed by atoms with Gasteiger partial charge in [0.05, 0.1) is 0 Å². The largest absolute Gasteiger partial charge is 0.378 e. The van der Waals surface area contributed by atoms with Gasteiger partial charge in [-0.05, 0) is 17.7 Å². The number of hydrogen-bond donors (Lipinski definition) is 1. The van der Waals surface area contributed by atoms with E-state index in [2.05, 4.69) is 6.58 Å². The van der Waals surface area contributed by atoms with E-state index in [0.29, 0.717) is 12.1 Å². The van der Waals surface area contributed by atoms with Gasteiger partial charge in [0, 0.05) is 23.1 Å². The molecule has 1 atom stereocenters. The minimum Gasteiger partial charge on any atom is -0.378 e. The first-order valence-corrected chi connectivity index (χ1v) is 5.14. The first kappa shape index (κ1) is 11.6. The summed E-state index contributed by atoms with van der Waals surface area (Å²) in [7, 11) is 0. The second-order valence-electron chi connectivity index (χ2n) is 4.63. The van der Waals surface area contributed by atoms with Crippen LogP contribution in [0, 0.1) is 5.82 Å².